The first kappa shape index (κ1) is 11.6. The molecule has 0 unspecified atom stereocenters. The van der Waals surface area contributed by atoms with Crippen molar-refractivity contribution < 1.29 is 13.9 Å². The Hall–Kier alpha value is -0.450. The van der Waals surface area contributed by atoms with E-state index in [1.54, 1.807) is 6.07 Å². The van der Waals surface area contributed by atoms with Crippen LogP contribution in [0.25, 0.3) is 0 Å². The van der Waals surface area contributed by atoms with E-state index in [9.17, 15) is 4.39 Å². The van der Waals surface area contributed by atoms with E-state index >= 15 is 0 Å². The number of rotatable bonds is 4. The number of alkyl halides is 1. The second kappa shape index (κ2) is 5.44. The molecule has 1 aromatic carbocycles. The minimum atomic E-state index is -0.516. The molecule has 0 aliphatic rings. The number of hydrogen-bond donors (Lipinski definition) is 0. The first-order valence-corrected chi connectivity index (χ1v) is 5.25. The third-order valence-electron chi connectivity index (χ3n) is 1.93. The first-order valence-electron chi connectivity index (χ1n) is 4.12. The molecule has 0 saturated carbocycles. The standard InChI is InChI=1S/C10H12BrFO2/c1-13-10(14-2)9-5-8(12)4-3-7(9)6-11/h3-5,10H,6H2,1-2H3. The normalized spacial score (nSPS) is 10.9. The Morgan fingerprint density at radius 3 is 2.50 bits per heavy atom. The van der Waals surface area contributed by atoms with Crippen molar-refractivity contribution in [1.82, 2.24) is 0 Å². The Bertz CT molecular complexity index is 300. The molecule has 0 aliphatic carbocycles. The highest BCUT2D eigenvalue weighted by molar-refractivity contribution is 9.08. The molecule has 0 radical (unpaired) electrons. The van der Waals surface area contributed by atoms with E-state index < -0.39 is 6.29 Å². The second-order valence-electron chi connectivity index (χ2n) is 2.78. The summed E-state index contributed by atoms with van der Waals surface area (Å²) in [5, 5.41) is 0.645. The number of halogens is 2. The molecule has 0 fully saturated rings. The fourth-order valence-electron chi connectivity index (χ4n) is 1.26. The summed E-state index contributed by atoms with van der Waals surface area (Å²) in [4.78, 5) is 0. The van der Waals surface area contributed by atoms with Crippen molar-refractivity contribution in [3.63, 3.8) is 0 Å². The predicted molar refractivity (Wildman–Crippen MR) is 55.8 cm³/mol. The van der Waals surface area contributed by atoms with Crippen molar-refractivity contribution in [2.24, 2.45) is 0 Å². The molecule has 78 valence electrons. The molecular formula is C10H12BrFO2. The highest BCUT2D eigenvalue weighted by atomic mass is 79.9. The van der Waals surface area contributed by atoms with Gasteiger partial charge >= 0.3 is 0 Å². The first-order chi connectivity index (χ1) is 6.72. The van der Waals surface area contributed by atoms with Gasteiger partial charge in [0.2, 0.25) is 0 Å². The van der Waals surface area contributed by atoms with Gasteiger partial charge in [0, 0.05) is 25.1 Å². The van der Waals surface area contributed by atoms with Crippen molar-refractivity contribution >= 4 is 15.9 Å². The molecule has 0 amide bonds. The Morgan fingerprint density at radius 2 is 2.00 bits per heavy atom. The number of hydrogen-bond acceptors (Lipinski definition) is 2. The van der Waals surface area contributed by atoms with Gasteiger partial charge in [0.05, 0.1) is 0 Å². The van der Waals surface area contributed by atoms with Crippen molar-refractivity contribution in [3.05, 3.63) is 35.1 Å². The van der Waals surface area contributed by atoms with Crippen LogP contribution in [-0.2, 0) is 14.8 Å². The van der Waals surface area contributed by atoms with Crippen LogP contribution in [0.3, 0.4) is 0 Å². The van der Waals surface area contributed by atoms with E-state index in [1.807, 2.05) is 0 Å². The van der Waals surface area contributed by atoms with E-state index in [-0.39, 0.29) is 5.82 Å². The van der Waals surface area contributed by atoms with Gasteiger partial charge in [-0.1, -0.05) is 22.0 Å². The van der Waals surface area contributed by atoms with Crippen LogP contribution in [0, 0.1) is 5.82 Å². The van der Waals surface area contributed by atoms with Crippen LogP contribution < -0.4 is 0 Å². The van der Waals surface area contributed by atoms with E-state index in [1.165, 1.54) is 26.4 Å². The number of ether oxygens (including phenoxy) is 2. The van der Waals surface area contributed by atoms with Crippen LogP contribution in [-0.4, -0.2) is 14.2 Å². The van der Waals surface area contributed by atoms with Crippen LogP contribution >= 0.6 is 15.9 Å². The van der Waals surface area contributed by atoms with Crippen LogP contribution in [0.1, 0.15) is 17.4 Å². The molecule has 1 rings (SSSR count). The van der Waals surface area contributed by atoms with Gasteiger partial charge in [-0.2, -0.15) is 0 Å². The van der Waals surface area contributed by atoms with Gasteiger partial charge in [-0.3, -0.25) is 0 Å². The fraction of sp³-hybridized carbons (Fsp3) is 0.400. The third kappa shape index (κ3) is 2.53. The Labute approximate surface area is 91.2 Å². The second-order valence-corrected chi connectivity index (χ2v) is 3.34. The van der Waals surface area contributed by atoms with Crippen LogP contribution in [0.15, 0.2) is 18.2 Å². The summed E-state index contributed by atoms with van der Waals surface area (Å²) in [6.45, 7) is 0. The topological polar surface area (TPSA) is 18.5 Å². The molecule has 1 aromatic rings. The van der Waals surface area contributed by atoms with Gasteiger partial charge < -0.3 is 9.47 Å². The SMILES string of the molecule is COC(OC)c1cc(F)ccc1CBr. The lowest BCUT2D eigenvalue weighted by Gasteiger charge is -2.16. The summed E-state index contributed by atoms with van der Waals surface area (Å²) in [6, 6.07) is 4.56. The highest BCUT2D eigenvalue weighted by Crippen LogP contribution is 2.24. The van der Waals surface area contributed by atoms with Gasteiger partial charge in [-0.05, 0) is 17.7 Å². The zero-order valence-electron chi connectivity index (χ0n) is 8.09. The molecule has 14 heavy (non-hydrogen) atoms. The molecular weight excluding hydrogens is 251 g/mol. The molecule has 0 aliphatic heterocycles. The zero-order chi connectivity index (χ0) is 10.6. The maximum Gasteiger partial charge on any atom is 0.183 e. The minimum absolute atomic E-state index is 0.288. The lowest BCUT2D eigenvalue weighted by molar-refractivity contribution is -0.106. The molecule has 2 nitrogen and oxygen atoms in total. The summed E-state index contributed by atoms with van der Waals surface area (Å²) in [6.07, 6.45) is -0.516. The van der Waals surface area contributed by atoms with Crippen molar-refractivity contribution in [3.8, 4) is 0 Å². The third-order valence-corrected chi connectivity index (χ3v) is 2.54. The smallest absolute Gasteiger partial charge is 0.183 e. The number of methoxy groups -OCH3 is 2. The average molecular weight is 263 g/mol. The Balaban J connectivity index is 3.08. The van der Waals surface area contributed by atoms with Crippen molar-refractivity contribution in [1.29, 1.82) is 0 Å². The van der Waals surface area contributed by atoms with Crippen LogP contribution in [0.2, 0.25) is 0 Å². The Kier molecular flexibility index (Phi) is 4.51. The molecule has 0 N–H and O–H groups in total. The maximum absolute atomic E-state index is 13.0. The van der Waals surface area contributed by atoms with Gasteiger partial charge in [0.1, 0.15) is 5.82 Å². The fourth-order valence-corrected chi connectivity index (χ4v) is 1.77. The van der Waals surface area contributed by atoms with Crippen molar-refractivity contribution in [2.75, 3.05) is 14.2 Å². The van der Waals surface area contributed by atoms with E-state index in [0.29, 0.717) is 10.9 Å². The average Bonchev–Trinajstić information content (AvgIpc) is 2.20. The summed E-state index contributed by atoms with van der Waals surface area (Å²) in [5.41, 5.74) is 1.67. The summed E-state index contributed by atoms with van der Waals surface area (Å²) < 4.78 is 23.1. The van der Waals surface area contributed by atoms with Crippen LogP contribution in [0.5, 0.6) is 0 Å². The van der Waals surface area contributed by atoms with E-state index in [0.717, 1.165) is 5.56 Å². The summed E-state index contributed by atoms with van der Waals surface area (Å²) in [7, 11) is 3.05. The molecule has 4 heteroatoms. The largest absolute Gasteiger partial charge is 0.352 e. The molecule has 0 aromatic heterocycles. The van der Waals surface area contributed by atoms with Gasteiger partial charge in [0.15, 0.2) is 6.29 Å². The molecule has 0 heterocycles. The van der Waals surface area contributed by atoms with Crippen LogP contribution in [0.4, 0.5) is 4.39 Å². The molecule has 0 atom stereocenters. The maximum atomic E-state index is 13.0. The van der Waals surface area contributed by atoms with E-state index in [2.05, 4.69) is 15.9 Å². The molecule has 0 bridgehead atoms. The van der Waals surface area contributed by atoms with Crippen molar-refractivity contribution in [2.45, 2.75) is 11.6 Å². The molecule has 0 saturated heterocycles. The lowest BCUT2D eigenvalue weighted by Crippen LogP contribution is -2.06. The zero-order valence-corrected chi connectivity index (χ0v) is 9.67. The number of benzene rings is 1. The van der Waals surface area contributed by atoms with Gasteiger partial charge in [-0.25, -0.2) is 4.39 Å². The quantitative estimate of drug-likeness (QED) is 0.614. The minimum Gasteiger partial charge on any atom is -0.352 e. The summed E-state index contributed by atoms with van der Waals surface area (Å²) in [5.74, 6) is -0.288. The lowest BCUT2D eigenvalue weighted by atomic mass is 10.1. The predicted octanol–water partition coefficient (Wildman–Crippen LogP) is 3.01. The Morgan fingerprint density at radius 1 is 1.36 bits per heavy atom. The van der Waals surface area contributed by atoms with Gasteiger partial charge in [-0.15, -0.1) is 0 Å². The molecule has 0 spiro atoms. The highest BCUT2D eigenvalue weighted by Gasteiger charge is 2.13. The summed E-state index contributed by atoms with van der Waals surface area (Å²) >= 11 is 3.33. The van der Waals surface area contributed by atoms with E-state index in [4.69, 9.17) is 9.47 Å². The van der Waals surface area contributed by atoms with Gasteiger partial charge in [0.25, 0.3) is 0 Å². The monoisotopic (exact) mass is 262 g/mol.